The monoisotopic (exact) mass is 288 g/mol. The van der Waals surface area contributed by atoms with Crippen molar-refractivity contribution < 1.29 is 8.42 Å². The van der Waals surface area contributed by atoms with Crippen LogP contribution in [-0.4, -0.2) is 14.1 Å². The van der Waals surface area contributed by atoms with Crippen molar-refractivity contribution in [1.29, 1.82) is 0 Å². The highest BCUT2D eigenvalue weighted by molar-refractivity contribution is 7.89. The summed E-state index contributed by atoms with van der Waals surface area (Å²) in [6.45, 7) is 3.88. The van der Waals surface area contributed by atoms with Crippen molar-refractivity contribution in [2.24, 2.45) is 5.10 Å². The highest BCUT2D eigenvalue weighted by atomic mass is 35.5. The average molecular weight is 289 g/mol. The van der Waals surface area contributed by atoms with E-state index >= 15 is 0 Å². The molecule has 0 spiro atoms. The van der Waals surface area contributed by atoms with Gasteiger partial charge in [-0.1, -0.05) is 24.9 Å². The topological polar surface area (TPSA) is 58.5 Å². The molecule has 1 aromatic rings. The minimum absolute atomic E-state index is 0.152. The molecule has 0 aromatic heterocycles. The predicted molar refractivity (Wildman–Crippen MR) is 74.4 cm³/mol. The molecule has 0 radical (unpaired) electrons. The maximum Gasteiger partial charge on any atom is 0.276 e. The Hall–Kier alpha value is -1.07. The molecule has 1 N–H and O–H groups in total. The quantitative estimate of drug-likeness (QED) is 0.645. The van der Waals surface area contributed by atoms with Gasteiger partial charge in [0.2, 0.25) is 0 Å². The summed E-state index contributed by atoms with van der Waals surface area (Å²) in [6.07, 6.45) is 2.84. The number of hydrazone groups is 1. The third kappa shape index (κ3) is 4.66. The molecule has 1 aromatic carbocycles. The zero-order valence-electron chi connectivity index (χ0n) is 10.5. The molecule has 0 fully saturated rings. The summed E-state index contributed by atoms with van der Waals surface area (Å²) in [6, 6.07) is 5.96. The fourth-order valence-corrected chi connectivity index (χ4v) is 2.29. The molecular formula is C12H17ClN2O2S. The van der Waals surface area contributed by atoms with Gasteiger partial charge >= 0.3 is 0 Å². The van der Waals surface area contributed by atoms with E-state index in [1.165, 1.54) is 24.3 Å². The second-order valence-corrected chi connectivity index (χ2v) is 6.10. The fourth-order valence-electron chi connectivity index (χ4n) is 1.29. The van der Waals surface area contributed by atoms with E-state index in [-0.39, 0.29) is 4.90 Å². The molecule has 0 bridgehead atoms. The zero-order chi connectivity index (χ0) is 13.6. The summed E-state index contributed by atoms with van der Waals surface area (Å²) in [5.74, 6) is 0. The number of nitrogens with zero attached hydrogens (tertiary/aromatic N) is 1. The van der Waals surface area contributed by atoms with Crippen LogP contribution in [0.25, 0.3) is 0 Å². The molecule has 100 valence electrons. The molecular weight excluding hydrogens is 272 g/mol. The number of rotatable bonds is 6. The summed E-state index contributed by atoms with van der Waals surface area (Å²) in [4.78, 5) is 2.37. The molecule has 0 aliphatic carbocycles. The van der Waals surface area contributed by atoms with Gasteiger partial charge in [0.1, 0.15) is 0 Å². The first-order valence-corrected chi connectivity index (χ1v) is 7.62. The Morgan fingerprint density at radius 1 is 1.33 bits per heavy atom. The Balaban J connectivity index is 2.73. The summed E-state index contributed by atoms with van der Waals surface area (Å²) < 4.78 is 23.7. The van der Waals surface area contributed by atoms with Crippen molar-refractivity contribution >= 4 is 27.3 Å². The standard InChI is InChI=1S/C12H17ClN2O2S/c1-3-4-5-10(2)14-15-18(16,17)12-8-6-11(13)7-9-12/h6-9,15H,3-5H2,1-2H3/b14-10+. The molecule has 0 aliphatic rings. The molecule has 1 rings (SSSR count). The minimum atomic E-state index is -3.59. The van der Waals surface area contributed by atoms with Crippen molar-refractivity contribution in [3.63, 3.8) is 0 Å². The highest BCUT2D eigenvalue weighted by Gasteiger charge is 2.12. The van der Waals surface area contributed by atoms with Crippen LogP contribution in [0, 0.1) is 0 Å². The third-order valence-corrected chi connectivity index (χ3v) is 3.85. The fraction of sp³-hybridized carbons (Fsp3) is 0.417. The highest BCUT2D eigenvalue weighted by Crippen LogP contribution is 2.13. The predicted octanol–water partition coefficient (Wildman–Crippen LogP) is 3.18. The van der Waals surface area contributed by atoms with Crippen molar-refractivity contribution in [3.8, 4) is 0 Å². The van der Waals surface area contributed by atoms with Gasteiger partial charge in [-0.05, 0) is 44.0 Å². The molecule has 0 saturated carbocycles. The first-order valence-electron chi connectivity index (χ1n) is 5.76. The first kappa shape index (κ1) is 15.0. The van der Waals surface area contributed by atoms with E-state index in [1.807, 2.05) is 0 Å². The third-order valence-electron chi connectivity index (χ3n) is 2.37. The molecule has 0 atom stereocenters. The van der Waals surface area contributed by atoms with E-state index in [0.717, 1.165) is 25.0 Å². The van der Waals surface area contributed by atoms with E-state index in [2.05, 4.69) is 16.9 Å². The van der Waals surface area contributed by atoms with Gasteiger partial charge in [-0.25, -0.2) is 4.83 Å². The molecule has 0 saturated heterocycles. The van der Waals surface area contributed by atoms with E-state index in [1.54, 1.807) is 6.92 Å². The normalized spacial score (nSPS) is 12.5. The van der Waals surface area contributed by atoms with Gasteiger partial charge in [0.05, 0.1) is 4.90 Å². The van der Waals surface area contributed by atoms with Gasteiger partial charge in [-0.15, -0.1) is 0 Å². The van der Waals surface area contributed by atoms with Gasteiger partial charge in [0, 0.05) is 10.7 Å². The Kier molecular flexibility index (Phi) is 5.62. The average Bonchev–Trinajstić information content (AvgIpc) is 2.34. The van der Waals surface area contributed by atoms with Crippen LogP contribution in [0.15, 0.2) is 34.3 Å². The van der Waals surface area contributed by atoms with Crippen LogP contribution in [0.3, 0.4) is 0 Å². The Morgan fingerprint density at radius 2 is 1.94 bits per heavy atom. The molecule has 0 amide bonds. The lowest BCUT2D eigenvalue weighted by Crippen LogP contribution is -2.19. The number of sulfonamides is 1. The SMILES string of the molecule is CCCC/C(C)=N/NS(=O)(=O)c1ccc(Cl)cc1. The number of hydrogen-bond donors (Lipinski definition) is 1. The summed E-state index contributed by atoms with van der Waals surface area (Å²) in [5, 5.41) is 4.37. The Labute approximate surface area is 113 Å². The van der Waals surface area contributed by atoms with Crippen molar-refractivity contribution in [1.82, 2.24) is 4.83 Å². The maximum absolute atomic E-state index is 11.9. The number of hydrogen-bond acceptors (Lipinski definition) is 3. The van der Waals surface area contributed by atoms with Crippen LogP contribution in [-0.2, 0) is 10.0 Å². The van der Waals surface area contributed by atoms with Gasteiger partial charge in [-0.2, -0.15) is 13.5 Å². The van der Waals surface area contributed by atoms with E-state index in [0.29, 0.717) is 5.02 Å². The second kappa shape index (κ2) is 6.75. The zero-order valence-corrected chi connectivity index (χ0v) is 12.1. The number of nitrogens with one attached hydrogen (secondary N) is 1. The van der Waals surface area contributed by atoms with Crippen molar-refractivity contribution in [2.75, 3.05) is 0 Å². The summed E-state index contributed by atoms with van der Waals surface area (Å²) in [7, 11) is -3.59. The minimum Gasteiger partial charge on any atom is -0.200 e. The molecule has 6 heteroatoms. The lowest BCUT2D eigenvalue weighted by Gasteiger charge is -2.05. The summed E-state index contributed by atoms with van der Waals surface area (Å²) >= 11 is 5.70. The van der Waals surface area contributed by atoms with Gasteiger partial charge in [-0.3, -0.25) is 0 Å². The largest absolute Gasteiger partial charge is 0.276 e. The molecule has 0 heterocycles. The van der Waals surface area contributed by atoms with Crippen LogP contribution in [0.5, 0.6) is 0 Å². The van der Waals surface area contributed by atoms with Gasteiger partial charge in [0.25, 0.3) is 10.0 Å². The lowest BCUT2D eigenvalue weighted by molar-refractivity contribution is 0.584. The smallest absolute Gasteiger partial charge is 0.200 e. The number of unbranched alkanes of at least 4 members (excludes halogenated alkanes) is 1. The Bertz CT molecular complexity index is 509. The molecule has 18 heavy (non-hydrogen) atoms. The van der Waals surface area contributed by atoms with Crippen LogP contribution in [0.2, 0.25) is 5.02 Å². The molecule has 0 unspecified atom stereocenters. The van der Waals surface area contributed by atoms with Gasteiger partial charge < -0.3 is 0 Å². The second-order valence-electron chi connectivity index (χ2n) is 4.00. The van der Waals surface area contributed by atoms with E-state index in [4.69, 9.17) is 11.6 Å². The van der Waals surface area contributed by atoms with E-state index < -0.39 is 10.0 Å². The molecule has 0 aliphatic heterocycles. The summed E-state index contributed by atoms with van der Waals surface area (Å²) in [5.41, 5.74) is 0.773. The maximum atomic E-state index is 11.9. The Morgan fingerprint density at radius 3 is 2.50 bits per heavy atom. The van der Waals surface area contributed by atoms with E-state index in [9.17, 15) is 8.42 Å². The van der Waals surface area contributed by atoms with Crippen LogP contribution >= 0.6 is 11.6 Å². The molecule has 4 nitrogen and oxygen atoms in total. The number of halogens is 1. The van der Waals surface area contributed by atoms with Crippen LogP contribution < -0.4 is 4.83 Å². The first-order chi connectivity index (χ1) is 8.45. The van der Waals surface area contributed by atoms with Crippen molar-refractivity contribution in [2.45, 2.75) is 38.0 Å². The van der Waals surface area contributed by atoms with Crippen molar-refractivity contribution in [3.05, 3.63) is 29.3 Å². The lowest BCUT2D eigenvalue weighted by atomic mass is 10.2. The van der Waals surface area contributed by atoms with Crippen LogP contribution in [0.1, 0.15) is 33.1 Å². The van der Waals surface area contributed by atoms with Crippen LogP contribution in [0.4, 0.5) is 0 Å². The van der Waals surface area contributed by atoms with Gasteiger partial charge in [0.15, 0.2) is 0 Å². The number of benzene rings is 1.